The van der Waals surface area contributed by atoms with Gasteiger partial charge in [-0.1, -0.05) is 59.3 Å². The zero-order chi connectivity index (χ0) is 9.68. The molecule has 0 radical (unpaired) electrons. The third-order valence-corrected chi connectivity index (χ3v) is 3.63. The summed E-state index contributed by atoms with van der Waals surface area (Å²) in [5, 5.41) is 0. The summed E-state index contributed by atoms with van der Waals surface area (Å²) >= 11 is 0. The van der Waals surface area contributed by atoms with Gasteiger partial charge in [0.25, 0.3) is 0 Å². The Balaban J connectivity index is 2.01. The molecule has 1 rings (SSSR count). The molecule has 13 heavy (non-hydrogen) atoms. The van der Waals surface area contributed by atoms with E-state index >= 15 is 0 Å². The van der Waals surface area contributed by atoms with Crippen molar-refractivity contribution in [3.8, 4) is 0 Å². The molecule has 0 spiro atoms. The van der Waals surface area contributed by atoms with Crippen LogP contribution < -0.4 is 0 Å². The first-order valence-electron chi connectivity index (χ1n) is 6.29. The van der Waals surface area contributed by atoms with E-state index in [4.69, 9.17) is 0 Å². The van der Waals surface area contributed by atoms with Crippen molar-refractivity contribution in [2.75, 3.05) is 0 Å². The highest BCUT2D eigenvalue weighted by Crippen LogP contribution is 2.48. The molecule has 0 heteroatoms. The van der Waals surface area contributed by atoms with Gasteiger partial charge in [0, 0.05) is 0 Å². The van der Waals surface area contributed by atoms with Gasteiger partial charge in [-0.3, -0.25) is 0 Å². The monoisotopic (exact) mass is 182 g/mol. The summed E-state index contributed by atoms with van der Waals surface area (Å²) in [5.41, 5.74) is 0. The Labute approximate surface area is 84.1 Å². The maximum absolute atomic E-state index is 2.45. The lowest BCUT2D eigenvalue weighted by atomic mass is 9.97. The second-order valence-electron chi connectivity index (χ2n) is 4.92. The van der Waals surface area contributed by atoms with Crippen LogP contribution in [0.2, 0.25) is 0 Å². The third-order valence-electron chi connectivity index (χ3n) is 3.63. The van der Waals surface area contributed by atoms with Crippen LogP contribution in [0, 0.1) is 17.8 Å². The predicted octanol–water partition coefficient (Wildman–Crippen LogP) is 4.64. The van der Waals surface area contributed by atoms with Gasteiger partial charge in [0.1, 0.15) is 0 Å². The van der Waals surface area contributed by atoms with Crippen LogP contribution in [0.3, 0.4) is 0 Å². The van der Waals surface area contributed by atoms with Gasteiger partial charge in [0.05, 0.1) is 0 Å². The maximum Gasteiger partial charge on any atom is -0.0357 e. The highest BCUT2D eigenvalue weighted by molar-refractivity contribution is 4.89. The van der Waals surface area contributed by atoms with Gasteiger partial charge in [-0.05, 0) is 24.2 Å². The zero-order valence-electron chi connectivity index (χ0n) is 9.68. The van der Waals surface area contributed by atoms with E-state index in [0.717, 1.165) is 17.8 Å². The summed E-state index contributed by atoms with van der Waals surface area (Å²) < 4.78 is 0. The second-order valence-corrected chi connectivity index (χ2v) is 4.92. The summed E-state index contributed by atoms with van der Waals surface area (Å²) in [6.07, 6.45) is 10.2. The quantitative estimate of drug-likeness (QED) is 0.503. The van der Waals surface area contributed by atoms with Crippen LogP contribution in [0.1, 0.15) is 65.7 Å². The minimum absolute atomic E-state index is 1.01. The van der Waals surface area contributed by atoms with E-state index in [2.05, 4.69) is 20.8 Å². The molecule has 0 aliphatic heterocycles. The first kappa shape index (κ1) is 11.1. The predicted molar refractivity (Wildman–Crippen MR) is 59.8 cm³/mol. The molecule has 1 saturated carbocycles. The highest BCUT2D eigenvalue weighted by Gasteiger charge is 2.39. The van der Waals surface area contributed by atoms with Crippen LogP contribution >= 0.6 is 0 Å². The maximum atomic E-state index is 2.45. The van der Waals surface area contributed by atoms with Crippen molar-refractivity contribution in [2.24, 2.45) is 17.8 Å². The molecule has 1 aliphatic carbocycles. The lowest BCUT2D eigenvalue weighted by Gasteiger charge is -2.08. The number of unbranched alkanes of at least 4 members (excludes halogenated alkanes) is 2. The third kappa shape index (κ3) is 3.70. The first-order valence-corrected chi connectivity index (χ1v) is 6.29. The van der Waals surface area contributed by atoms with Crippen LogP contribution in [-0.2, 0) is 0 Å². The van der Waals surface area contributed by atoms with Crippen molar-refractivity contribution in [3.05, 3.63) is 0 Å². The summed E-state index contributed by atoms with van der Waals surface area (Å²) in [7, 11) is 0. The molecule has 0 N–H and O–H groups in total. The van der Waals surface area contributed by atoms with Gasteiger partial charge < -0.3 is 0 Å². The first-order chi connectivity index (χ1) is 6.29. The minimum atomic E-state index is 1.01. The Bertz CT molecular complexity index is 128. The molecule has 1 aliphatic rings. The van der Waals surface area contributed by atoms with Crippen molar-refractivity contribution in [2.45, 2.75) is 65.7 Å². The van der Waals surface area contributed by atoms with E-state index in [9.17, 15) is 0 Å². The lowest BCUT2D eigenvalue weighted by Crippen LogP contribution is -1.98. The highest BCUT2D eigenvalue weighted by atomic mass is 14.4. The van der Waals surface area contributed by atoms with Gasteiger partial charge in [0.15, 0.2) is 0 Å². The standard InChI is InChI=1S/C13H26/c1-4-6-7-9-12-10-13(12)11(3)8-5-2/h11-13H,4-10H2,1-3H3. The Kier molecular flexibility index (Phi) is 4.83. The molecular weight excluding hydrogens is 156 g/mol. The molecular formula is C13H26. The average Bonchev–Trinajstić information content (AvgIpc) is 2.85. The van der Waals surface area contributed by atoms with Crippen LogP contribution in [-0.4, -0.2) is 0 Å². The number of hydrogen-bond donors (Lipinski definition) is 0. The number of rotatable bonds is 7. The van der Waals surface area contributed by atoms with Crippen molar-refractivity contribution in [1.29, 1.82) is 0 Å². The normalized spacial score (nSPS) is 28.8. The van der Waals surface area contributed by atoms with Gasteiger partial charge in [-0.25, -0.2) is 0 Å². The van der Waals surface area contributed by atoms with Crippen molar-refractivity contribution >= 4 is 0 Å². The Hall–Kier alpha value is 0. The Morgan fingerprint density at radius 2 is 1.92 bits per heavy atom. The van der Waals surface area contributed by atoms with E-state index < -0.39 is 0 Å². The van der Waals surface area contributed by atoms with E-state index in [1.807, 2.05) is 0 Å². The fourth-order valence-corrected chi connectivity index (χ4v) is 2.63. The molecule has 78 valence electrons. The van der Waals surface area contributed by atoms with Gasteiger partial charge >= 0.3 is 0 Å². The van der Waals surface area contributed by atoms with E-state index in [-0.39, 0.29) is 0 Å². The minimum Gasteiger partial charge on any atom is -0.0654 e. The van der Waals surface area contributed by atoms with Gasteiger partial charge in [-0.15, -0.1) is 0 Å². The fraction of sp³-hybridized carbons (Fsp3) is 1.00. The molecule has 0 aromatic rings. The van der Waals surface area contributed by atoms with Gasteiger partial charge in [-0.2, -0.15) is 0 Å². The SMILES string of the molecule is CCCCCC1CC1C(C)CCC. The zero-order valence-corrected chi connectivity index (χ0v) is 9.68. The second kappa shape index (κ2) is 5.67. The summed E-state index contributed by atoms with van der Waals surface area (Å²) in [6.45, 7) is 7.06. The van der Waals surface area contributed by atoms with Gasteiger partial charge in [0.2, 0.25) is 0 Å². The topological polar surface area (TPSA) is 0 Å². The molecule has 0 nitrogen and oxygen atoms in total. The summed E-state index contributed by atoms with van der Waals surface area (Å²) in [6, 6.07) is 0. The fourth-order valence-electron chi connectivity index (χ4n) is 2.63. The molecule has 0 amide bonds. The van der Waals surface area contributed by atoms with Crippen molar-refractivity contribution in [1.82, 2.24) is 0 Å². The molecule has 0 bridgehead atoms. The smallest absolute Gasteiger partial charge is 0.0357 e. The van der Waals surface area contributed by atoms with Crippen LogP contribution in [0.5, 0.6) is 0 Å². The molecule has 0 saturated heterocycles. The average molecular weight is 182 g/mol. The molecule has 0 aromatic carbocycles. The van der Waals surface area contributed by atoms with E-state index in [0.29, 0.717) is 0 Å². The molecule has 1 fully saturated rings. The van der Waals surface area contributed by atoms with Crippen LogP contribution in [0.25, 0.3) is 0 Å². The summed E-state index contributed by atoms with van der Waals surface area (Å²) in [4.78, 5) is 0. The molecule has 3 atom stereocenters. The largest absolute Gasteiger partial charge is 0.0654 e. The lowest BCUT2D eigenvalue weighted by molar-refractivity contribution is 0.425. The van der Waals surface area contributed by atoms with Crippen LogP contribution in [0.4, 0.5) is 0 Å². The van der Waals surface area contributed by atoms with Crippen molar-refractivity contribution < 1.29 is 0 Å². The Morgan fingerprint density at radius 1 is 1.15 bits per heavy atom. The number of hydrogen-bond acceptors (Lipinski definition) is 0. The van der Waals surface area contributed by atoms with Crippen molar-refractivity contribution in [3.63, 3.8) is 0 Å². The van der Waals surface area contributed by atoms with E-state index in [1.54, 1.807) is 6.42 Å². The van der Waals surface area contributed by atoms with E-state index in [1.165, 1.54) is 38.5 Å². The molecule has 3 unspecified atom stereocenters. The molecule has 0 aromatic heterocycles. The van der Waals surface area contributed by atoms with Crippen LogP contribution in [0.15, 0.2) is 0 Å². The molecule has 0 heterocycles. The Morgan fingerprint density at radius 3 is 2.54 bits per heavy atom. The summed E-state index contributed by atoms with van der Waals surface area (Å²) in [5.74, 6) is 3.24.